The third kappa shape index (κ3) is 8.11. The lowest BCUT2D eigenvalue weighted by Gasteiger charge is -2.06. The van der Waals surface area contributed by atoms with Crippen molar-refractivity contribution >= 4 is 11.6 Å². The highest BCUT2D eigenvalue weighted by Gasteiger charge is 1.98. The highest BCUT2D eigenvalue weighted by Crippen LogP contribution is 2.04. The molecule has 0 saturated carbocycles. The minimum Gasteiger partial charge on any atom is -0.383 e. The second-order valence-corrected chi connectivity index (χ2v) is 3.15. The summed E-state index contributed by atoms with van der Waals surface area (Å²) in [5.74, 6) is 0. The van der Waals surface area contributed by atoms with Gasteiger partial charge >= 0.3 is 0 Å². The van der Waals surface area contributed by atoms with Gasteiger partial charge in [0.25, 0.3) is 0 Å². The lowest BCUT2D eigenvalue weighted by atomic mass is 10.2. The van der Waals surface area contributed by atoms with Crippen molar-refractivity contribution in [3.05, 3.63) is 0 Å². The van der Waals surface area contributed by atoms with Crippen LogP contribution in [0.25, 0.3) is 0 Å². The Hall–Kier alpha value is 0.210. The van der Waals surface area contributed by atoms with Crippen LogP contribution in [0.5, 0.6) is 0 Å². The Kier molecular flexibility index (Phi) is 8.47. The number of hydrogen-bond acceptors (Lipinski definition) is 2. The van der Waals surface area contributed by atoms with E-state index < -0.39 is 0 Å². The number of alkyl halides is 1. The largest absolute Gasteiger partial charge is 0.383 e. The summed E-state index contributed by atoms with van der Waals surface area (Å²) in [5.41, 5.74) is 0. The molecule has 0 radical (unpaired) electrons. The van der Waals surface area contributed by atoms with Crippen molar-refractivity contribution < 1.29 is 4.74 Å². The summed E-state index contributed by atoms with van der Waals surface area (Å²) in [4.78, 5) is 0. The fourth-order valence-electron chi connectivity index (χ4n) is 0.762. The smallest absolute Gasteiger partial charge is 0.0587 e. The number of rotatable bonds is 7. The van der Waals surface area contributed by atoms with Gasteiger partial charge < -0.3 is 10.1 Å². The maximum atomic E-state index is 5.91. The van der Waals surface area contributed by atoms with Gasteiger partial charge in [0.1, 0.15) is 0 Å². The van der Waals surface area contributed by atoms with Crippen molar-refractivity contribution in [1.82, 2.24) is 5.32 Å². The van der Waals surface area contributed by atoms with Crippen molar-refractivity contribution in [1.29, 1.82) is 0 Å². The predicted molar refractivity (Wildman–Crippen MR) is 49.3 cm³/mol. The van der Waals surface area contributed by atoms with Crippen LogP contribution in [0.1, 0.15) is 19.8 Å². The molecule has 0 spiro atoms. The molecule has 1 unspecified atom stereocenters. The molecular weight excluding hydrogens is 162 g/mol. The Labute approximate surface area is 74.3 Å². The number of hydrogen-bond donors (Lipinski definition) is 1. The van der Waals surface area contributed by atoms with Gasteiger partial charge in [-0.25, -0.2) is 0 Å². The summed E-state index contributed by atoms with van der Waals surface area (Å²) in [6.07, 6.45) is 2.09. The first kappa shape index (κ1) is 11.2. The maximum absolute atomic E-state index is 5.91. The normalized spacial score (nSPS) is 13.4. The summed E-state index contributed by atoms with van der Waals surface area (Å²) in [5, 5.41) is 3.57. The van der Waals surface area contributed by atoms with E-state index in [4.69, 9.17) is 16.3 Å². The molecule has 1 N–H and O–H groups in total. The van der Waals surface area contributed by atoms with Gasteiger partial charge in [-0.05, 0) is 19.4 Å². The summed E-state index contributed by atoms with van der Waals surface area (Å²) >= 11 is 5.91. The molecule has 0 aliphatic rings. The number of ether oxygens (including phenoxy) is 1. The Balaban J connectivity index is 2.89. The van der Waals surface area contributed by atoms with E-state index in [1.165, 1.54) is 0 Å². The lowest BCUT2D eigenvalue weighted by molar-refractivity contribution is 0.199. The van der Waals surface area contributed by atoms with Crippen LogP contribution < -0.4 is 5.32 Å². The average molecular weight is 180 g/mol. The van der Waals surface area contributed by atoms with E-state index in [1.54, 1.807) is 7.11 Å². The summed E-state index contributed by atoms with van der Waals surface area (Å²) in [6.45, 7) is 4.79. The third-order valence-corrected chi connectivity index (χ3v) is 2.09. The van der Waals surface area contributed by atoms with Crippen LogP contribution >= 0.6 is 11.6 Å². The fourth-order valence-corrected chi connectivity index (χ4v) is 0.871. The Morgan fingerprint density at radius 3 is 2.73 bits per heavy atom. The van der Waals surface area contributed by atoms with Crippen molar-refractivity contribution in [2.75, 3.05) is 26.8 Å². The van der Waals surface area contributed by atoms with Crippen LogP contribution in [0, 0.1) is 0 Å². The van der Waals surface area contributed by atoms with Gasteiger partial charge in [0.15, 0.2) is 0 Å². The number of halogens is 1. The molecule has 0 heterocycles. The summed E-state index contributed by atoms with van der Waals surface area (Å²) in [6, 6.07) is 0. The van der Waals surface area contributed by atoms with Gasteiger partial charge in [0.05, 0.1) is 6.61 Å². The second-order valence-electron chi connectivity index (χ2n) is 2.54. The van der Waals surface area contributed by atoms with Gasteiger partial charge in [-0.2, -0.15) is 0 Å². The molecule has 1 atom stereocenters. The first-order valence-corrected chi connectivity index (χ1v) is 4.58. The highest BCUT2D eigenvalue weighted by atomic mass is 35.5. The molecule has 0 aliphatic heterocycles. The van der Waals surface area contributed by atoms with E-state index >= 15 is 0 Å². The average Bonchev–Trinajstić information content (AvgIpc) is 2.04. The van der Waals surface area contributed by atoms with Crippen LogP contribution in [0.2, 0.25) is 0 Å². The molecule has 0 aromatic carbocycles. The van der Waals surface area contributed by atoms with Crippen LogP contribution in [-0.2, 0) is 4.74 Å². The molecule has 0 amide bonds. The van der Waals surface area contributed by atoms with E-state index in [-0.39, 0.29) is 0 Å². The van der Waals surface area contributed by atoms with Crippen LogP contribution in [0.15, 0.2) is 0 Å². The quantitative estimate of drug-likeness (QED) is 0.474. The highest BCUT2D eigenvalue weighted by molar-refractivity contribution is 6.20. The Bertz CT molecular complexity index is 80.5. The molecule has 0 aromatic heterocycles. The van der Waals surface area contributed by atoms with Crippen molar-refractivity contribution in [2.24, 2.45) is 0 Å². The zero-order valence-electron chi connectivity index (χ0n) is 7.40. The fraction of sp³-hybridized carbons (Fsp3) is 1.00. The molecule has 0 bridgehead atoms. The van der Waals surface area contributed by atoms with Gasteiger partial charge in [-0.15, -0.1) is 11.6 Å². The second kappa shape index (κ2) is 8.31. The minimum atomic E-state index is 0.324. The number of nitrogens with one attached hydrogen (secondary N) is 1. The van der Waals surface area contributed by atoms with Gasteiger partial charge in [-0.3, -0.25) is 0 Å². The minimum absolute atomic E-state index is 0.324. The van der Waals surface area contributed by atoms with Crippen molar-refractivity contribution in [3.63, 3.8) is 0 Å². The standard InChI is InChI=1S/C8H18ClNO/c1-3-8(9)4-5-10-6-7-11-2/h8,10H,3-7H2,1-2H3. The molecule has 11 heavy (non-hydrogen) atoms. The van der Waals surface area contributed by atoms with Gasteiger partial charge in [0, 0.05) is 19.0 Å². The van der Waals surface area contributed by atoms with Crippen LogP contribution in [-0.4, -0.2) is 32.2 Å². The van der Waals surface area contributed by atoms with E-state index in [0.29, 0.717) is 5.38 Å². The first-order valence-electron chi connectivity index (χ1n) is 4.15. The maximum Gasteiger partial charge on any atom is 0.0587 e. The molecule has 0 rings (SSSR count). The molecule has 0 aliphatic carbocycles. The molecule has 0 saturated heterocycles. The Morgan fingerprint density at radius 1 is 1.45 bits per heavy atom. The molecule has 2 nitrogen and oxygen atoms in total. The third-order valence-electron chi connectivity index (χ3n) is 1.56. The summed E-state index contributed by atoms with van der Waals surface area (Å²) < 4.78 is 4.88. The van der Waals surface area contributed by atoms with E-state index in [1.807, 2.05) is 0 Å². The number of methoxy groups -OCH3 is 1. The van der Waals surface area contributed by atoms with Gasteiger partial charge in [0.2, 0.25) is 0 Å². The Morgan fingerprint density at radius 2 is 2.18 bits per heavy atom. The zero-order valence-corrected chi connectivity index (χ0v) is 8.16. The SMILES string of the molecule is CCC(Cl)CCNCCOC. The van der Waals surface area contributed by atoms with E-state index in [2.05, 4.69) is 12.2 Å². The van der Waals surface area contributed by atoms with E-state index in [0.717, 1.165) is 32.5 Å². The monoisotopic (exact) mass is 179 g/mol. The zero-order chi connectivity index (χ0) is 8.53. The van der Waals surface area contributed by atoms with Crippen LogP contribution in [0.4, 0.5) is 0 Å². The van der Waals surface area contributed by atoms with Crippen molar-refractivity contribution in [3.8, 4) is 0 Å². The molecule has 68 valence electrons. The summed E-state index contributed by atoms with van der Waals surface area (Å²) in [7, 11) is 1.71. The molecule has 0 fully saturated rings. The van der Waals surface area contributed by atoms with Crippen molar-refractivity contribution in [2.45, 2.75) is 25.1 Å². The molecular formula is C8H18ClNO. The predicted octanol–water partition coefficient (Wildman–Crippen LogP) is 1.63. The molecule has 3 heteroatoms. The molecule has 0 aromatic rings. The lowest BCUT2D eigenvalue weighted by Crippen LogP contribution is -2.22. The van der Waals surface area contributed by atoms with E-state index in [9.17, 15) is 0 Å². The van der Waals surface area contributed by atoms with Gasteiger partial charge in [-0.1, -0.05) is 6.92 Å². The topological polar surface area (TPSA) is 21.3 Å². The first-order chi connectivity index (χ1) is 5.31. The van der Waals surface area contributed by atoms with Crippen LogP contribution in [0.3, 0.4) is 0 Å².